The molecule has 1 aliphatic rings. The molecule has 1 N–H and O–H groups in total. The van der Waals surface area contributed by atoms with Crippen LogP contribution in [0.4, 0.5) is 0 Å². The highest BCUT2D eigenvalue weighted by Gasteiger charge is 2.36. The van der Waals surface area contributed by atoms with Gasteiger partial charge in [0.1, 0.15) is 23.7 Å². The van der Waals surface area contributed by atoms with E-state index in [-0.39, 0.29) is 12.6 Å². The maximum absolute atomic E-state index is 12.6. The van der Waals surface area contributed by atoms with E-state index < -0.39 is 10.2 Å². The second kappa shape index (κ2) is 6.42. The summed E-state index contributed by atoms with van der Waals surface area (Å²) in [5, 5.41) is 7.75. The van der Waals surface area contributed by atoms with Gasteiger partial charge in [-0.25, -0.2) is 0 Å². The van der Waals surface area contributed by atoms with E-state index in [0.29, 0.717) is 24.7 Å². The third-order valence-electron chi connectivity index (χ3n) is 4.05. The molecule has 0 aromatic carbocycles. The highest BCUT2D eigenvalue weighted by Crippen LogP contribution is 2.34. The summed E-state index contributed by atoms with van der Waals surface area (Å²) >= 11 is 0. The molecular weight excluding hydrogens is 318 g/mol. The van der Waals surface area contributed by atoms with Gasteiger partial charge in [-0.15, -0.1) is 10.2 Å². The van der Waals surface area contributed by atoms with E-state index in [9.17, 15) is 8.42 Å². The van der Waals surface area contributed by atoms with Crippen molar-refractivity contribution in [2.45, 2.75) is 45.8 Å². The SMILES string of the molecule is CCn1cnnc1CNS(=O)(=O)N1CCC[C@@H]1c1ccc(C)o1. The van der Waals surface area contributed by atoms with Crippen molar-refractivity contribution in [1.29, 1.82) is 0 Å². The topological polar surface area (TPSA) is 93.3 Å². The van der Waals surface area contributed by atoms with E-state index >= 15 is 0 Å². The van der Waals surface area contributed by atoms with Crippen LogP contribution in [0.15, 0.2) is 22.9 Å². The van der Waals surface area contributed by atoms with Crippen molar-refractivity contribution in [2.24, 2.45) is 0 Å². The average molecular weight is 339 g/mol. The Morgan fingerprint density at radius 3 is 2.96 bits per heavy atom. The molecule has 3 rings (SSSR count). The molecule has 1 saturated heterocycles. The molecule has 3 heterocycles. The fourth-order valence-electron chi connectivity index (χ4n) is 2.86. The second-order valence-corrected chi connectivity index (χ2v) is 7.28. The molecule has 9 heteroatoms. The molecule has 2 aromatic heterocycles. The molecule has 0 spiro atoms. The van der Waals surface area contributed by atoms with Crippen molar-refractivity contribution in [3.05, 3.63) is 35.8 Å². The monoisotopic (exact) mass is 339 g/mol. The number of nitrogens with one attached hydrogen (secondary N) is 1. The molecule has 0 aliphatic carbocycles. The van der Waals surface area contributed by atoms with Crippen LogP contribution in [0.25, 0.3) is 0 Å². The lowest BCUT2D eigenvalue weighted by atomic mass is 10.2. The summed E-state index contributed by atoms with van der Waals surface area (Å²) in [5.41, 5.74) is 0. The van der Waals surface area contributed by atoms with Gasteiger partial charge in [-0.05, 0) is 38.8 Å². The average Bonchev–Trinajstić information content (AvgIpc) is 3.24. The Labute approximate surface area is 135 Å². The maximum atomic E-state index is 12.6. The van der Waals surface area contributed by atoms with Crippen molar-refractivity contribution >= 4 is 10.2 Å². The summed E-state index contributed by atoms with van der Waals surface area (Å²) in [5.74, 6) is 2.08. The Kier molecular flexibility index (Phi) is 4.51. The normalized spacial score (nSPS) is 19.5. The summed E-state index contributed by atoms with van der Waals surface area (Å²) < 4.78 is 36.8. The van der Waals surface area contributed by atoms with Crippen LogP contribution in [0.1, 0.15) is 43.2 Å². The van der Waals surface area contributed by atoms with E-state index in [4.69, 9.17) is 4.42 Å². The van der Waals surface area contributed by atoms with Crippen LogP contribution in [0.5, 0.6) is 0 Å². The Morgan fingerprint density at radius 2 is 2.26 bits per heavy atom. The van der Waals surface area contributed by atoms with Crippen LogP contribution in [-0.4, -0.2) is 34.0 Å². The van der Waals surface area contributed by atoms with Gasteiger partial charge in [0.05, 0.1) is 12.6 Å². The molecule has 1 atom stereocenters. The zero-order valence-corrected chi connectivity index (χ0v) is 14.1. The lowest BCUT2D eigenvalue weighted by molar-refractivity contribution is 0.330. The third kappa shape index (κ3) is 3.31. The fraction of sp³-hybridized carbons (Fsp3) is 0.571. The van der Waals surface area contributed by atoms with Gasteiger partial charge in [0.15, 0.2) is 0 Å². The van der Waals surface area contributed by atoms with Crippen LogP contribution in [0.3, 0.4) is 0 Å². The van der Waals surface area contributed by atoms with Gasteiger partial charge in [0.25, 0.3) is 10.2 Å². The molecular formula is C14H21N5O3S. The maximum Gasteiger partial charge on any atom is 0.280 e. The first-order chi connectivity index (χ1) is 11.0. The molecule has 0 radical (unpaired) electrons. The van der Waals surface area contributed by atoms with Gasteiger partial charge in [0.2, 0.25) is 0 Å². The Hall–Kier alpha value is -1.71. The zero-order chi connectivity index (χ0) is 16.4. The number of furan rings is 1. The first-order valence-electron chi connectivity index (χ1n) is 7.70. The van der Waals surface area contributed by atoms with Gasteiger partial charge in [-0.2, -0.15) is 17.4 Å². The predicted octanol–water partition coefficient (Wildman–Crippen LogP) is 1.37. The lowest BCUT2D eigenvalue weighted by Crippen LogP contribution is -2.40. The molecule has 0 bridgehead atoms. The highest BCUT2D eigenvalue weighted by molar-refractivity contribution is 7.87. The molecule has 2 aromatic rings. The predicted molar refractivity (Wildman–Crippen MR) is 83.6 cm³/mol. The van der Waals surface area contributed by atoms with Crippen molar-refractivity contribution in [3.8, 4) is 0 Å². The lowest BCUT2D eigenvalue weighted by Gasteiger charge is -2.22. The van der Waals surface area contributed by atoms with Crippen molar-refractivity contribution < 1.29 is 12.8 Å². The van der Waals surface area contributed by atoms with Crippen LogP contribution >= 0.6 is 0 Å². The van der Waals surface area contributed by atoms with E-state index in [0.717, 1.165) is 18.6 Å². The second-order valence-electron chi connectivity index (χ2n) is 5.58. The quantitative estimate of drug-likeness (QED) is 0.858. The summed E-state index contributed by atoms with van der Waals surface area (Å²) in [7, 11) is -3.61. The highest BCUT2D eigenvalue weighted by atomic mass is 32.2. The van der Waals surface area contributed by atoms with Crippen molar-refractivity contribution in [3.63, 3.8) is 0 Å². The summed E-state index contributed by atoms with van der Waals surface area (Å²) in [6, 6.07) is 3.46. The minimum atomic E-state index is -3.61. The number of nitrogens with zero attached hydrogens (tertiary/aromatic N) is 4. The van der Waals surface area contributed by atoms with Gasteiger partial charge in [-0.1, -0.05) is 0 Å². The molecule has 0 amide bonds. The van der Waals surface area contributed by atoms with E-state index in [1.165, 1.54) is 4.31 Å². The van der Waals surface area contributed by atoms with Gasteiger partial charge >= 0.3 is 0 Å². The minimum absolute atomic E-state index is 0.122. The number of hydrogen-bond acceptors (Lipinski definition) is 5. The fourth-order valence-corrected chi connectivity index (χ4v) is 4.25. The molecule has 126 valence electrons. The van der Waals surface area contributed by atoms with Crippen molar-refractivity contribution in [2.75, 3.05) is 6.54 Å². The Bertz CT molecular complexity index is 767. The molecule has 23 heavy (non-hydrogen) atoms. The number of aryl methyl sites for hydroxylation is 2. The van der Waals surface area contributed by atoms with E-state index in [1.807, 2.05) is 26.0 Å². The summed E-state index contributed by atoms with van der Waals surface area (Å²) in [6.07, 6.45) is 3.17. The molecule has 0 unspecified atom stereocenters. The van der Waals surface area contributed by atoms with Crippen LogP contribution in [-0.2, 0) is 23.3 Å². The minimum Gasteiger partial charge on any atom is -0.465 e. The Morgan fingerprint density at radius 1 is 1.43 bits per heavy atom. The van der Waals surface area contributed by atoms with Crippen LogP contribution in [0.2, 0.25) is 0 Å². The molecule has 1 aliphatic heterocycles. The Balaban J connectivity index is 1.73. The number of rotatable bonds is 6. The van der Waals surface area contributed by atoms with Crippen LogP contribution in [0, 0.1) is 6.92 Å². The standard InChI is InChI=1S/C14H21N5O3S/c1-3-18-10-15-17-14(18)9-16-23(20,21)19-8-4-5-12(19)13-7-6-11(2)22-13/h6-7,10,12,16H,3-5,8-9H2,1-2H3/t12-/m1/s1. The number of aromatic nitrogens is 3. The zero-order valence-electron chi connectivity index (χ0n) is 13.3. The first kappa shape index (κ1) is 16.2. The number of hydrogen-bond donors (Lipinski definition) is 1. The molecule has 1 fully saturated rings. The summed E-state index contributed by atoms with van der Waals surface area (Å²) in [4.78, 5) is 0. The molecule has 8 nitrogen and oxygen atoms in total. The third-order valence-corrected chi connectivity index (χ3v) is 5.61. The first-order valence-corrected chi connectivity index (χ1v) is 9.14. The van der Waals surface area contributed by atoms with Crippen molar-refractivity contribution in [1.82, 2.24) is 23.8 Å². The van der Waals surface area contributed by atoms with Crippen LogP contribution < -0.4 is 4.72 Å². The van der Waals surface area contributed by atoms with Gasteiger partial charge < -0.3 is 8.98 Å². The summed E-state index contributed by atoms with van der Waals surface area (Å²) in [6.45, 7) is 5.11. The largest absolute Gasteiger partial charge is 0.465 e. The molecule has 0 saturated carbocycles. The van der Waals surface area contributed by atoms with Gasteiger partial charge in [-0.3, -0.25) is 0 Å². The smallest absolute Gasteiger partial charge is 0.280 e. The van der Waals surface area contributed by atoms with E-state index in [1.54, 1.807) is 10.9 Å². The van der Waals surface area contributed by atoms with Gasteiger partial charge in [0, 0.05) is 13.1 Å². The van der Waals surface area contributed by atoms with E-state index in [2.05, 4.69) is 14.9 Å².